The van der Waals surface area contributed by atoms with Crippen LogP contribution in [0.5, 0.6) is 0 Å². The first-order chi connectivity index (χ1) is 65.3. The van der Waals surface area contributed by atoms with E-state index in [0.29, 0.717) is 38.8 Å². The molecular formula is C82H163N11O45. The number of carbonyl (C=O) groups excluding carboxylic acids is 7. The molecule has 0 bridgehead atoms. The molecule has 138 heavy (non-hydrogen) atoms. The van der Waals surface area contributed by atoms with Gasteiger partial charge in [-0.1, -0.05) is 13.8 Å². The number of amides is 7. The highest BCUT2D eigenvalue weighted by Gasteiger charge is 2.37. The predicted octanol–water partition coefficient (Wildman–Crippen LogP) is -18.2. The fraction of sp³-hybridized carbons (Fsp3) is 0.915. The van der Waals surface area contributed by atoms with Crippen molar-refractivity contribution in [3.63, 3.8) is 0 Å². The van der Waals surface area contributed by atoms with Crippen LogP contribution in [-0.4, -0.2) is 594 Å². The zero-order valence-corrected chi connectivity index (χ0v) is 78.5. The van der Waals surface area contributed by atoms with Gasteiger partial charge in [-0.25, -0.2) is 14.4 Å². The molecule has 0 aromatic heterocycles. The Balaban J connectivity index is 5.65. The smallest absolute Gasteiger partial charge is 0.407 e. The van der Waals surface area contributed by atoms with Crippen molar-refractivity contribution in [1.82, 2.24) is 51.9 Å². The summed E-state index contributed by atoms with van der Waals surface area (Å²) in [7, 11) is 0. The second-order valence-electron chi connectivity index (χ2n) is 33.8. The first-order valence-electron chi connectivity index (χ1n) is 45.9. The van der Waals surface area contributed by atoms with E-state index in [9.17, 15) is 156 Å². The van der Waals surface area contributed by atoms with Gasteiger partial charge in [-0.05, 0) is 70.4 Å². The Morgan fingerprint density at radius 1 is 0.283 bits per heavy atom. The standard InChI is InChI=1S/C82H163N11O45/c1-49(23-91(17-5-3-7-51(100)30-96)18-6-4-8-52(101)31-97)34-130-37-55(104)40-133-43-58(107)46-136-80(127)87-14-11-84-71(118)21-61(83)78(125)90-62(79(126)86-13-16-89-82(129)138-48-60(109)45-135-41-56(105)38-131-35-53(102)24-92(27-66(113)74(121)63(110)9-19-94)26-65(112)50(2)73(120)69(116)32-98)22-72(119)85-12-15-88-81(128)137-47-59(108)44-134-42-57(106)39-132-36-54(103)25-93(28-67(114)75(122)64(111)10-20-95)29-68(115)76(123)77(124)70(117)33-99/h49-70,73-77,94-117,120-124H,3-48,83H2,1-2H3,(H,84,118)(H,85,119)(H,86,126)(H,87,127)(H,88,128)(H,89,129)(H,90,125)/t49?,50-,51+,52+,53?,54?,55?,56?,57?,58?,59?,60?,61-,62+,63-,64-,65+,66+,67+,68+,69-,70-,73+,74+,75+,76-,77-/m1/s1. The van der Waals surface area contributed by atoms with Gasteiger partial charge in [0.2, 0.25) is 23.6 Å². The third kappa shape index (κ3) is 65.4. The highest BCUT2D eigenvalue weighted by Crippen LogP contribution is 2.18. The van der Waals surface area contributed by atoms with Crippen LogP contribution in [0, 0.1) is 11.8 Å². The maximum Gasteiger partial charge on any atom is 0.407 e. The number of nitrogens with zero attached hydrogens (tertiary/aromatic N) is 3. The molecule has 38 N–H and O–H groups in total. The topological polar surface area (TPSA) is 909 Å². The van der Waals surface area contributed by atoms with E-state index in [1.54, 1.807) is 0 Å². The molecule has 0 fully saturated rings. The Kier molecular flexibility index (Phi) is 76.1. The highest BCUT2D eigenvalue weighted by atomic mass is 16.6. The number of hydrogen-bond acceptors (Lipinski definition) is 49. The molecule has 0 saturated carbocycles. The number of hydrogen-bond donors (Lipinski definition) is 37. The number of carbonyl (C=O) groups is 7. The maximum absolute atomic E-state index is 13.6. The predicted molar refractivity (Wildman–Crippen MR) is 476 cm³/mol. The Morgan fingerprint density at radius 3 is 0.957 bits per heavy atom. The molecule has 0 aliphatic rings. The lowest BCUT2D eigenvalue weighted by molar-refractivity contribution is -0.133. The van der Waals surface area contributed by atoms with Crippen LogP contribution in [0.3, 0.4) is 0 Å². The summed E-state index contributed by atoms with van der Waals surface area (Å²) in [5.74, 6) is -4.94. The Labute approximate surface area is 800 Å². The van der Waals surface area contributed by atoms with Crippen LogP contribution in [0.4, 0.5) is 14.4 Å². The molecule has 0 aromatic rings. The van der Waals surface area contributed by atoms with Crippen LogP contribution < -0.4 is 43.0 Å². The molecule has 56 nitrogen and oxygen atoms in total. The second-order valence-corrected chi connectivity index (χ2v) is 33.8. The molecule has 0 heterocycles. The number of rotatable bonds is 88. The fourth-order valence-corrected chi connectivity index (χ4v) is 12.8. The lowest BCUT2D eigenvalue weighted by Gasteiger charge is -2.34. The molecule has 0 saturated heterocycles. The van der Waals surface area contributed by atoms with E-state index in [4.69, 9.17) is 73.9 Å². The van der Waals surface area contributed by atoms with Crippen molar-refractivity contribution >= 4 is 41.9 Å². The van der Waals surface area contributed by atoms with Crippen molar-refractivity contribution in [2.24, 2.45) is 17.6 Å². The third-order valence-electron chi connectivity index (χ3n) is 20.6. The number of nitrogens with one attached hydrogen (secondary N) is 7. The van der Waals surface area contributed by atoms with Crippen LogP contribution >= 0.6 is 0 Å². The summed E-state index contributed by atoms with van der Waals surface area (Å²) in [6.45, 7) is -9.03. The van der Waals surface area contributed by atoms with E-state index in [0.717, 1.165) is 30.8 Å². The lowest BCUT2D eigenvalue weighted by atomic mass is 9.93. The van der Waals surface area contributed by atoms with Crippen molar-refractivity contribution in [2.75, 3.05) is 237 Å². The van der Waals surface area contributed by atoms with E-state index >= 15 is 0 Å². The average Bonchev–Trinajstić information content (AvgIpc) is 0.853. The SMILES string of the molecule is CC(COCC(O)COCC(O)COC(=O)NCCNC(=O)C[C@@H](N)C(=O)N[C@@H](CC(=O)NCCNC(=O)OCC(O)COCC(O)COCC(O)CN(C[C@H](O)[C@@H](O)[C@H](O)[C@H](O)CO)C[C@H](O)[C@@H](O)[C@H](O)CCO)C(=O)NCCNC(=O)OCC(O)COCC(O)COCC(O)CN(C[C@H](O)[C@@H](C)[C@H](O)[C@H](O)CO)C[C@H](O)[C@@H](O)[C@H](O)CCO)CN(CCCC[C@H](O)CO)CCCC[C@H](O)CO. The Morgan fingerprint density at radius 2 is 0.594 bits per heavy atom. The Hall–Kier alpha value is -5.87. The van der Waals surface area contributed by atoms with Crippen LogP contribution in [0.25, 0.3) is 0 Å². The molecular weight excluding hydrogens is 1860 g/mol. The van der Waals surface area contributed by atoms with Crippen molar-refractivity contribution < 1.29 is 224 Å². The van der Waals surface area contributed by atoms with Crippen molar-refractivity contribution in [3.05, 3.63) is 0 Å². The van der Waals surface area contributed by atoms with Gasteiger partial charge in [-0.2, -0.15) is 0 Å². The number of ether oxygens (including phenoxy) is 9. The van der Waals surface area contributed by atoms with Crippen LogP contribution in [0.2, 0.25) is 0 Å². The van der Waals surface area contributed by atoms with E-state index in [2.05, 4.69) is 42.1 Å². The molecule has 9 unspecified atom stereocenters. The van der Waals surface area contributed by atoms with Gasteiger partial charge in [-0.3, -0.25) is 29.0 Å². The third-order valence-corrected chi connectivity index (χ3v) is 20.6. The number of nitrogens with two attached hydrogens (primary N) is 1. The highest BCUT2D eigenvalue weighted by molar-refractivity contribution is 5.94. The first kappa shape index (κ1) is 132. The summed E-state index contributed by atoms with van der Waals surface area (Å²) in [6, 6.07) is -3.42. The largest absolute Gasteiger partial charge is 0.447 e. The summed E-state index contributed by atoms with van der Waals surface area (Å²) in [5.41, 5.74) is 6.04. The summed E-state index contributed by atoms with van der Waals surface area (Å²) in [4.78, 5) is 95.3. The molecule has 0 aliphatic carbocycles. The maximum atomic E-state index is 13.6. The fourth-order valence-electron chi connectivity index (χ4n) is 12.8. The molecule has 0 radical (unpaired) electrons. The summed E-state index contributed by atoms with van der Waals surface area (Å²) < 4.78 is 47.2. The van der Waals surface area contributed by atoms with Crippen molar-refractivity contribution in [1.29, 1.82) is 0 Å². The van der Waals surface area contributed by atoms with E-state index in [1.807, 2.05) is 6.92 Å². The Bertz CT molecular complexity index is 3080. The zero-order chi connectivity index (χ0) is 104. The van der Waals surface area contributed by atoms with Gasteiger partial charge in [0.15, 0.2) is 0 Å². The minimum Gasteiger partial charge on any atom is -0.447 e. The number of aliphatic hydroxyl groups excluding tert-OH is 29. The van der Waals surface area contributed by atoms with Crippen molar-refractivity contribution in [3.8, 4) is 0 Å². The number of aliphatic hydroxyl groups is 29. The molecule has 0 aliphatic heterocycles. The minimum absolute atomic E-state index is 0.0407. The molecule has 0 aromatic carbocycles. The summed E-state index contributed by atoms with van der Waals surface area (Å²) in [6.07, 6.45) is -36.7. The lowest BCUT2D eigenvalue weighted by Crippen LogP contribution is -2.54. The van der Waals surface area contributed by atoms with E-state index < -0.39 is 345 Å². The molecule has 56 heteroatoms. The van der Waals surface area contributed by atoms with Gasteiger partial charge < -0.3 is 239 Å². The first-order valence-corrected chi connectivity index (χ1v) is 45.9. The van der Waals surface area contributed by atoms with E-state index in [-0.39, 0.29) is 97.6 Å². The van der Waals surface area contributed by atoms with Crippen LogP contribution in [-0.2, 0) is 61.8 Å². The summed E-state index contributed by atoms with van der Waals surface area (Å²) in [5, 5.41) is 308. The molecule has 816 valence electrons. The normalized spacial score (nSPS) is 18.0. The van der Waals surface area contributed by atoms with Crippen molar-refractivity contribution in [2.45, 2.75) is 231 Å². The summed E-state index contributed by atoms with van der Waals surface area (Å²) >= 11 is 0. The van der Waals surface area contributed by atoms with Gasteiger partial charge in [0.1, 0.15) is 99.1 Å². The quantitative estimate of drug-likeness (QED) is 0.0199. The molecule has 0 spiro atoms. The average molecular weight is 2020 g/mol. The number of unbranched alkanes of at least 4 members (excludes halogenated alkanes) is 2. The van der Waals surface area contributed by atoms with Gasteiger partial charge >= 0.3 is 18.3 Å². The monoisotopic (exact) mass is 2020 g/mol. The van der Waals surface area contributed by atoms with Gasteiger partial charge in [-0.15, -0.1) is 0 Å². The second kappa shape index (κ2) is 79.5. The van der Waals surface area contributed by atoms with Gasteiger partial charge in [0, 0.05) is 104 Å². The molecule has 7 amide bonds. The molecule has 0 rings (SSSR count). The van der Waals surface area contributed by atoms with Gasteiger partial charge in [0.25, 0.3) is 0 Å². The number of alkyl carbamates (subject to hydrolysis) is 3. The van der Waals surface area contributed by atoms with E-state index in [1.165, 1.54) is 11.8 Å². The zero-order valence-electron chi connectivity index (χ0n) is 78.5. The molecule has 27 atom stereocenters. The minimum atomic E-state index is -2.06. The van der Waals surface area contributed by atoms with Crippen LogP contribution in [0.15, 0.2) is 0 Å². The van der Waals surface area contributed by atoms with Crippen LogP contribution in [0.1, 0.15) is 78.1 Å². The van der Waals surface area contributed by atoms with Gasteiger partial charge in [0.05, 0.1) is 192 Å².